The molecule has 4 nitrogen and oxygen atoms in total. The molecule has 37 heavy (non-hydrogen) atoms. The first-order valence-electron chi connectivity index (χ1n) is 12.1. The van der Waals surface area contributed by atoms with Crippen molar-refractivity contribution in [1.29, 1.82) is 0 Å². The van der Waals surface area contributed by atoms with Gasteiger partial charge in [-0.25, -0.2) is 9.97 Å². The molecule has 0 N–H and O–H groups in total. The van der Waals surface area contributed by atoms with Crippen molar-refractivity contribution in [3.05, 3.63) is 132 Å². The minimum atomic E-state index is -0.931. The maximum atomic E-state index is 4.95. The number of fused-ring (bicyclic) bond motifs is 2. The quantitative estimate of drug-likeness (QED) is 0.197. The third kappa shape index (κ3) is 7.52. The molecule has 2 heterocycles. The number of nitrogens with zero attached hydrogens (tertiary/aromatic N) is 4. The molecule has 0 atom stereocenters. The maximum absolute atomic E-state index is 4.95. The summed E-state index contributed by atoms with van der Waals surface area (Å²) in [6, 6.07) is 33.7. The molecule has 4 aromatic carbocycles. The standard InChI is InChI=1S/2C15H14N2.2ClH.Zn/c2*1-12-6-8-13(9-7-12)10-17-11-16-14-4-2-3-5-15(14)17;;;/h2*2-9,11H,10H2,1H3;2*1H;/q;;;;+2/p-2. The Morgan fingerprint density at radius 2 is 0.919 bits per heavy atom. The second-order valence-corrected chi connectivity index (χ2v) is 13.4. The van der Waals surface area contributed by atoms with Crippen LogP contribution in [-0.2, 0) is 28.2 Å². The number of halogens is 2. The van der Waals surface area contributed by atoms with E-state index in [1.54, 1.807) is 0 Å². The molecule has 0 spiro atoms. The van der Waals surface area contributed by atoms with Gasteiger partial charge in [0, 0.05) is 13.1 Å². The summed E-state index contributed by atoms with van der Waals surface area (Å²) in [6.45, 7) is 5.97. The van der Waals surface area contributed by atoms with Crippen LogP contribution in [0.25, 0.3) is 22.1 Å². The van der Waals surface area contributed by atoms with E-state index in [0.29, 0.717) is 0 Å². The number of hydrogen-bond donors (Lipinski definition) is 0. The molecule has 0 saturated heterocycles. The van der Waals surface area contributed by atoms with Gasteiger partial charge in [-0.3, -0.25) is 0 Å². The van der Waals surface area contributed by atoms with Crippen LogP contribution in [0.1, 0.15) is 22.3 Å². The van der Waals surface area contributed by atoms with E-state index < -0.39 is 15.1 Å². The van der Waals surface area contributed by atoms with E-state index in [1.807, 2.05) is 36.9 Å². The first-order valence-corrected chi connectivity index (χ1v) is 19.9. The molecule has 184 valence electrons. The number of rotatable bonds is 4. The molecule has 0 amide bonds. The molecule has 0 aliphatic rings. The summed E-state index contributed by atoms with van der Waals surface area (Å²) in [7, 11) is 9.90. The summed E-state index contributed by atoms with van der Waals surface area (Å²) in [5.41, 5.74) is 9.69. The molecule has 0 fully saturated rings. The number of hydrogen-bond acceptors (Lipinski definition) is 2. The molecule has 6 aromatic rings. The molecule has 0 unspecified atom stereocenters. The van der Waals surface area contributed by atoms with E-state index in [4.69, 9.17) is 19.4 Å². The zero-order valence-electron chi connectivity index (χ0n) is 21.1. The predicted molar refractivity (Wildman–Crippen MR) is 152 cm³/mol. The Morgan fingerprint density at radius 3 is 1.30 bits per heavy atom. The Hall–Kier alpha value is -2.98. The van der Waals surface area contributed by atoms with Crippen LogP contribution in [0.3, 0.4) is 0 Å². The van der Waals surface area contributed by atoms with Crippen molar-refractivity contribution in [3.8, 4) is 0 Å². The van der Waals surface area contributed by atoms with Crippen LogP contribution < -0.4 is 0 Å². The van der Waals surface area contributed by atoms with Crippen molar-refractivity contribution in [2.45, 2.75) is 26.9 Å². The van der Waals surface area contributed by atoms with E-state index >= 15 is 0 Å². The summed E-state index contributed by atoms with van der Waals surface area (Å²) in [4.78, 5) is 8.79. The van der Waals surface area contributed by atoms with Crippen LogP contribution >= 0.6 is 19.4 Å². The van der Waals surface area contributed by atoms with E-state index in [1.165, 1.54) is 33.3 Å². The van der Waals surface area contributed by atoms with E-state index in [2.05, 4.69) is 106 Å². The van der Waals surface area contributed by atoms with Gasteiger partial charge in [0.25, 0.3) is 0 Å². The molecule has 0 aliphatic heterocycles. The van der Waals surface area contributed by atoms with Crippen molar-refractivity contribution >= 4 is 41.4 Å². The first-order chi connectivity index (χ1) is 18.1. The molecule has 0 saturated carbocycles. The molecule has 2 aromatic heterocycles. The van der Waals surface area contributed by atoms with Gasteiger partial charge in [-0.15, -0.1) is 0 Å². The van der Waals surface area contributed by atoms with E-state index in [-0.39, 0.29) is 0 Å². The van der Waals surface area contributed by atoms with Crippen molar-refractivity contribution < 1.29 is 15.1 Å². The monoisotopic (exact) mass is 578 g/mol. The average Bonchev–Trinajstić information content (AvgIpc) is 3.52. The van der Waals surface area contributed by atoms with Gasteiger partial charge < -0.3 is 9.13 Å². The van der Waals surface area contributed by atoms with Crippen LogP contribution in [0.2, 0.25) is 0 Å². The van der Waals surface area contributed by atoms with Gasteiger partial charge in [-0.2, -0.15) is 0 Å². The molecule has 0 bridgehead atoms. The number of aromatic nitrogens is 4. The fraction of sp³-hybridized carbons (Fsp3) is 0.133. The fourth-order valence-corrected chi connectivity index (χ4v) is 4.05. The Balaban J connectivity index is 0.000000157. The van der Waals surface area contributed by atoms with Crippen LogP contribution in [0.4, 0.5) is 0 Å². The summed E-state index contributed by atoms with van der Waals surface area (Å²) >= 11 is -0.931. The first kappa shape index (κ1) is 27.1. The minimum absolute atomic E-state index is 0.876. The second-order valence-electron chi connectivity index (χ2n) is 8.79. The number of aryl methyl sites for hydroxylation is 2. The van der Waals surface area contributed by atoms with Crippen LogP contribution in [0.15, 0.2) is 110 Å². The predicted octanol–water partition coefficient (Wildman–Crippen LogP) is 8.16. The molecule has 0 aliphatic carbocycles. The van der Waals surface area contributed by atoms with Gasteiger partial charge in [-0.05, 0) is 49.2 Å². The Bertz CT molecular complexity index is 1420. The Labute approximate surface area is 233 Å². The Kier molecular flexibility index (Phi) is 9.90. The van der Waals surface area contributed by atoms with Crippen LogP contribution in [0.5, 0.6) is 0 Å². The van der Waals surface area contributed by atoms with E-state index in [9.17, 15) is 0 Å². The van der Waals surface area contributed by atoms with Gasteiger partial charge in [0.2, 0.25) is 0 Å². The van der Waals surface area contributed by atoms with Crippen LogP contribution in [0, 0.1) is 13.8 Å². The molecule has 6 rings (SSSR count). The zero-order chi connectivity index (χ0) is 26.0. The SMILES string of the molecule is Cc1ccc(Cn2cnc3ccccc32)cc1.Cc1ccc(Cn2cnc3ccccc32)cc1.[Cl][Zn][Cl]. The van der Waals surface area contributed by atoms with Crippen molar-refractivity contribution in [1.82, 2.24) is 19.1 Å². The van der Waals surface area contributed by atoms with Crippen molar-refractivity contribution in [2.75, 3.05) is 0 Å². The number of benzene rings is 4. The van der Waals surface area contributed by atoms with Crippen molar-refractivity contribution in [3.63, 3.8) is 0 Å². The summed E-state index contributed by atoms with van der Waals surface area (Å²) in [5.74, 6) is 0. The topological polar surface area (TPSA) is 35.6 Å². The van der Waals surface area contributed by atoms with Gasteiger partial charge >= 0.3 is 34.5 Å². The normalized spacial score (nSPS) is 10.3. The summed E-state index contributed by atoms with van der Waals surface area (Å²) < 4.78 is 4.36. The van der Waals surface area contributed by atoms with Gasteiger partial charge in [0.15, 0.2) is 0 Å². The van der Waals surface area contributed by atoms with E-state index in [0.717, 1.165) is 24.1 Å². The number of para-hydroxylation sites is 4. The van der Waals surface area contributed by atoms with Crippen LogP contribution in [-0.4, -0.2) is 19.1 Å². The molecule has 0 radical (unpaired) electrons. The summed E-state index contributed by atoms with van der Waals surface area (Å²) in [5, 5.41) is 0. The third-order valence-electron chi connectivity index (χ3n) is 6.00. The Morgan fingerprint density at radius 1 is 0.568 bits per heavy atom. The zero-order valence-corrected chi connectivity index (χ0v) is 25.5. The second kappa shape index (κ2) is 13.5. The van der Waals surface area contributed by atoms with Crippen molar-refractivity contribution in [2.24, 2.45) is 0 Å². The average molecular weight is 581 g/mol. The molecule has 7 heteroatoms. The molecular weight excluding hydrogens is 553 g/mol. The summed E-state index contributed by atoms with van der Waals surface area (Å²) in [6.07, 6.45) is 3.81. The van der Waals surface area contributed by atoms with Gasteiger partial charge in [0.1, 0.15) is 0 Å². The number of imidazole rings is 2. The molecular formula is C30H28Cl2N4Zn. The van der Waals surface area contributed by atoms with Gasteiger partial charge in [0.05, 0.1) is 34.7 Å². The van der Waals surface area contributed by atoms with Gasteiger partial charge in [-0.1, -0.05) is 83.9 Å². The third-order valence-corrected chi connectivity index (χ3v) is 6.00. The fourth-order valence-electron chi connectivity index (χ4n) is 4.05.